The lowest BCUT2D eigenvalue weighted by molar-refractivity contribution is 0.422. The van der Waals surface area contributed by atoms with Crippen LogP contribution in [0.2, 0.25) is 0 Å². The zero-order chi connectivity index (χ0) is 43.0. The molecule has 0 radical (unpaired) electrons. The molecule has 6 heteroatoms. The van der Waals surface area contributed by atoms with Crippen LogP contribution in [0.15, 0.2) is 22.1 Å². The third kappa shape index (κ3) is 24.8. The topological polar surface area (TPSA) is 47.9 Å². The summed E-state index contributed by atoms with van der Waals surface area (Å²) < 4.78 is 2.23. The molecule has 0 fully saturated rings. The first kappa shape index (κ1) is 53.9. The van der Waals surface area contributed by atoms with Crippen molar-refractivity contribution in [1.29, 1.82) is 0 Å². The van der Waals surface area contributed by atoms with Gasteiger partial charge in [-0.2, -0.15) is 5.10 Å². The molecule has 1 aliphatic rings. The third-order valence-corrected chi connectivity index (χ3v) is 14.3. The summed E-state index contributed by atoms with van der Waals surface area (Å²) in [5.41, 5.74) is 7.41. The Labute approximate surface area is 376 Å². The molecule has 1 aromatic rings. The second kappa shape index (κ2) is 33.3. The van der Waals surface area contributed by atoms with Gasteiger partial charge in [-0.3, -0.25) is 0 Å². The highest BCUT2D eigenvalue weighted by molar-refractivity contribution is 8.04. The Balaban J connectivity index is 1.85. The normalized spacial score (nSPS) is 13.5. The number of benzene rings is 1. The Kier molecular flexibility index (Phi) is 30.4. The molecule has 342 valence electrons. The summed E-state index contributed by atoms with van der Waals surface area (Å²) in [5.74, 6) is 2.62. The molecule has 2 N–H and O–H groups in total. The van der Waals surface area contributed by atoms with Crippen LogP contribution in [-0.2, 0) is 10.8 Å². The molecule has 4 nitrogen and oxygen atoms in total. The number of hydrazone groups is 1. The third-order valence-electron chi connectivity index (χ3n) is 12.2. The Hall–Kier alpha value is -1.27. The molecule has 1 heterocycles. The quantitative estimate of drug-likeness (QED) is 0.0516. The van der Waals surface area contributed by atoms with Gasteiger partial charge in [-0.1, -0.05) is 248 Å². The van der Waals surface area contributed by atoms with Crippen molar-refractivity contribution in [2.24, 2.45) is 5.10 Å². The van der Waals surface area contributed by atoms with Crippen molar-refractivity contribution in [3.8, 4) is 5.75 Å². The minimum absolute atomic E-state index is 0.177. The number of phenolic OH excluding ortho intramolecular Hbond substituents is 1. The predicted octanol–water partition coefficient (Wildman–Crippen LogP) is 18.4. The predicted molar refractivity (Wildman–Crippen MR) is 270 cm³/mol. The lowest BCUT2D eigenvalue weighted by atomic mass is 9.78. The van der Waals surface area contributed by atoms with E-state index in [0.717, 1.165) is 22.6 Å². The number of allylic oxidation sites excluding steroid dienone is 1. The number of rotatable bonds is 37. The van der Waals surface area contributed by atoms with Crippen LogP contribution in [0.1, 0.15) is 278 Å². The van der Waals surface area contributed by atoms with Crippen LogP contribution in [-0.4, -0.2) is 27.2 Å². The van der Waals surface area contributed by atoms with Crippen molar-refractivity contribution in [2.75, 3.05) is 11.5 Å². The SMILES string of the molecule is CCCCCCCCCCCCCCCCCCSC1=C(c2cc(C(C)(C)C)c(O)c(C(C)(C)C)c2)N(SCCCCCCCCCCCCCCCCCC)NN=C1. The van der Waals surface area contributed by atoms with Gasteiger partial charge in [-0.15, -0.1) is 11.8 Å². The average Bonchev–Trinajstić information content (AvgIpc) is 3.19. The van der Waals surface area contributed by atoms with E-state index in [1.165, 1.54) is 222 Å². The van der Waals surface area contributed by atoms with Gasteiger partial charge in [0.2, 0.25) is 0 Å². The average molecular weight is 857 g/mol. The molecule has 0 aliphatic carbocycles. The molecular formula is C53H97N3OS2. The molecule has 0 bridgehead atoms. The van der Waals surface area contributed by atoms with Gasteiger partial charge in [0.15, 0.2) is 0 Å². The molecule has 0 aromatic heterocycles. The van der Waals surface area contributed by atoms with Gasteiger partial charge in [0, 0.05) is 22.4 Å². The molecule has 59 heavy (non-hydrogen) atoms. The standard InChI is InChI=1S/C53H97N3OS2/c1-9-11-13-15-17-19-21-23-25-27-29-31-33-35-37-39-41-58-49-45-54-55-56(50(49)46-43-47(52(3,4)5)51(57)48(44-46)53(6,7)8)59-42-40-38-36-34-32-30-28-26-24-22-20-18-16-14-12-10-2/h43-45,55,57H,9-42H2,1-8H3. The van der Waals surface area contributed by atoms with E-state index in [9.17, 15) is 5.11 Å². The second-order valence-corrected chi connectivity index (χ2v) is 22.2. The van der Waals surface area contributed by atoms with Crippen molar-refractivity contribution in [1.82, 2.24) is 9.95 Å². The van der Waals surface area contributed by atoms with Crippen molar-refractivity contribution < 1.29 is 5.11 Å². The maximum absolute atomic E-state index is 11.6. The number of hydrazine groups is 1. The number of nitrogens with one attached hydrogen (secondary N) is 1. The highest BCUT2D eigenvalue weighted by Gasteiger charge is 2.30. The van der Waals surface area contributed by atoms with Gasteiger partial charge in [-0.05, 0) is 53.5 Å². The molecule has 2 rings (SSSR count). The number of hydrogen-bond acceptors (Lipinski definition) is 6. The van der Waals surface area contributed by atoms with E-state index in [0.29, 0.717) is 5.75 Å². The van der Waals surface area contributed by atoms with E-state index < -0.39 is 0 Å². The smallest absolute Gasteiger partial charge is 0.123 e. The largest absolute Gasteiger partial charge is 0.507 e. The Morgan fingerprint density at radius 1 is 0.492 bits per heavy atom. The first-order valence-corrected chi connectivity index (χ1v) is 27.4. The second-order valence-electron chi connectivity index (χ2n) is 20.1. The van der Waals surface area contributed by atoms with Crippen LogP contribution in [0.5, 0.6) is 5.75 Å². The highest BCUT2D eigenvalue weighted by atomic mass is 32.2. The van der Waals surface area contributed by atoms with Crippen LogP contribution < -0.4 is 5.53 Å². The molecule has 1 aromatic carbocycles. The van der Waals surface area contributed by atoms with Gasteiger partial charge >= 0.3 is 0 Å². The summed E-state index contributed by atoms with van der Waals surface area (Å²) in [6, 6.07) is 4.50. The summed E-state index contributed by atoms with van der Waals surface area (Å²) >= 11 is 3.82. The van der Waals surface area contributed by atoms with E-state index in [1.54, 1.807) is 0 Å². The number of phenols is 1. The molecule has 0 amide bonds. The molecule has 0 spiro atoms. The Morgan fingerprint density at radius 2 is 0.814 bits per heavy atom. The highest BCUT2D eigenvalue weighted by Crippen LogP contribution is 2.44. The maximum atomic E-state index is 11.6. The summed E-state index contributed by atoms with van der Waals surface area (Å²) in [6.45, 7) is 17.9. The molecule has 0 saturated carbocycles. The minimum Gasteiger partial charge on any atom is -0.507 e. The van der Waals surface area contributed by atoms with E-state index in [4.69, 9.17) is 0 Å². The number of aromatic hydroxyl groups is 1. The zero-order valence-corrected chi connectivity index (χ0v) is 42.1. The fourth-order valence-corrected chi connectivity index (χ4v) is 10.4. The lowest BCUT2D eigenvalue weighted by Crippen LogP contribution is -2.31. The summed E-state index contributed by atoms with van der Waals surface area (Å²) in [5, 5.41) is 16.2. The van der Waals surface area contributed by atoms with E-state index in [-0.39, 0.29) is 10.8 Å². The summed E-state index contributed by atoms with van der Waals surface area (Å²) in [7, 11) is 0. The zero-order valence-electron chi connectivity index (χ0n) is 40.4. The Morgan fingerprint density at radius 3 is 1.15 bits per heavy atom. The first-order chi connectivity index (χ1) is 28.5. The van der Waals surface area contributed by atoms with Crippen LogP contribution in [0.4, 0.5) is 0 Å². The fraction of sp³-hybridized carbons (Fsp3) is 0.830. The number of unbranched alkanes of at least 4 members (excludes halogenated alkanes) is 30. The van der Waals surface area contributed by atoms with Crippen molar-refractivity contribution in [2.45, 2.75) is 272 Å². The molecular weight excluding hydrogens is 759 g/mol. The van der Waals surface area contributed by atoms with Gasteiger partial charge in [0.1, 0.15) is 5.75 Å². The molecule has 0 unspecified atom stereocenters. The van der Waals surface area contributed by atoms with Gasteiger partial charge in [0.05, 0.1) is 16.8 Å². The van der Waals surface area contributed by atoms with Gasteiger partial charge < -0.3 is 5.11 Å². The van der Waals surface area contributed by atoms with Crippen LogP contribution in [0.25, 0.3) is 5.70 Å². The monoisotopic (exact) mass is 856 g/mol. The van der Waals surface area contributed by atoms with Crippen molar-refractivity contribution in [3.05, 3.63) is 33.7 Å². The fourth-order valence-electron chi connectivity index (χ4n) is 8.36. The van der Waals surface area contributed by atoms with E-state index >= 15 is 0 Å². The molecule has 1 aliphatic heterocycles. The summed E-state index contributed by atoms with van der Waals surface area (Å²) in [6.07, 6.45) is 46.7. The number of hydrogen-bond donors (Lipinski definition) is 2. The molecule has 0 atom stereocenters. The van der Waals surface area contributed by atoms with Crippen molar-refractivity contribution in [3.63, 3.8) is 0 Å². The molecule has 0 saturated heterocycles. The van der Waals surface area contributed by atoms with Gasteiger partial charge in [-0.25, -0.2) is 9.95 Å². The van der Waals surface area contributed by atoms with E-state index in [2.05, 4.69) is 82.6 Å². The number of thioether (sulfide) groups is 1. The Bertz CT molecular complexity index is 1210. The minimum atomic E-state index is -0.177. The number of nitrogens with zero attached hydrogens (tertiary/aromatic N) is 2. The van der Waals surface area contributed by atoms with Crippen LogP contribution in [0, 0.1) is 0 Å². The van der Waals surface area contributed by atoms with Gasteiger partial charge in [0.25, 0.3) is 0 Å². The first-order valence-electron chi connectivity index (χ1n) is 25.5. The van der Waals surface area contributed by atoms with E-state index in [1.807, 2.05) is 29.9 Å². The van der Waals surface area contributed by atoms with Crippen molar-refractivity contribution >= 4 is 35.6 Å². The van der Waals surface area contributed by atoms with Crippen LogP contribution >= 0.6 is 23.7 Å². The maximum Gasteiger partial charge on any atom is 0.123 e. The van der Waals surface area contributed by atoms with Crippen LogP contribution in [0.3, 0.4) is 0 Å². The lowest BCUT2D eigenvalue weighted by Gasteiger charge is -2.33. The summed E-state index contributed by atoms with van der Waals surface area (Å²) in [4.78, 5) is 1.23.